The Balaban J connectivity index is 0.00000729. The second-order valence-electron chi connectivity index (χ2n) is 7.65. The number of aliphatic imine (C=N–C) groups is 1. The molecule has 1 atom stereocenters. The highest BCUT2D eigenvalue weighted by Gasteiger charge is 2.24. The fourth-order valence-corrected chi connectivity index (χ4v) is 3.45. The lowest BCUT2D eigenvalue weighted by Gasteiger charge is -2.30. The largest absolute Gasteiger partial charge is 0.379 e. The summed E-state index contributed by atoms with van der Waals surface area (Å²) < 4.78 is 42.4. The van der Waals surface area contributed by atoms with Gasteiger partial charge >= 0.3 is 0 Å². The molecule has 1 rings (SSSR count). The number of rotatable bonds is 8. The van der Waals surface area contributed by atoms with Gasteiger partial charge in [-0.1, -0.05) is 26.8 Å². The van der Waals surface area contributed by atoms with Crippen molar-refractivity contribution in [1.82, 2.24) is 10.6 Å². The molecule has 0 aromatic heterocycles. The Hall–Kier alpha value is -0.940. The van der Waals surface area contributed by atoms with Crippen molar-refractivity contribution in [3.63, 3.8) is 0 Å². The van der Waals surface area contributed by atoms with E-state index in [-0.39, 0.29) is 47.8 Å². The van der Waals surface area contributed by atoms with E-state index >= 15 is 0 Å². The first-order chi connectivity index (χ1) is 12.5. The Labute approximate surface area is 185 Å². The van der Waals surface area contributed by atoms with Gasteiger partial charge in [-0.25, -0.2) is 17.8 Å². The monoisotopic (exact) mass is 529 g/mol. The summed E-state index contributed by atoms with van der Waals surface area (Å²) in [5, 5.41) is 6.37. The van der Waals surface area contributed by atoms with Crippen LogP contribution >= 0.6 is 24.0 Å². The van der Waals surface area contributed by atoms with Crippen LogP contribution in [0.25, 0.3) is 0 Å². The molecule has 1 unspecified atom stereocenters. The van der Waals surface area contributed by atoms with Crippen LogP contribution in [0, 0.1) is 11.2 Å². The maximum atomic E-state index is 13.6. The first-order valence-electron chi connectivity index (χ1n) is 8.96. The van der Waals surface area contributed by atoms with E-state index in [0.29, 0.717) is 30.2 Å². The van der Waals surface area contributed by atoms with Gasteiger partial charge in [0, 0.05) is 26.5 Å². The standard InChI is InChI=1S/C19H32FN3O3S.HI/c1-7-21-18(23-12-17(26-5)19(2,3)4)22-11-15-10-16(20)9-8-14(15)13-27(6,24)25;/h8-10,17H,7,11-13H2,1-6H3,(H2,21,22,23);1H. The molecule has 0 heterocycles. The maximum absolute atomic E-state index is 13.6. The van der Waals surface area contributed by atoms with Crippen LogP contribution in [0.4, 0.5) is 4.39 Å². The van der Waals surface area contributed by atoms with E-state index in [1.54, 1.807) is 7.11 Å². The van der Waals surface area contributed by atoms with Gasteiger partial charge in [-0.15, -0.1) is 24.0 Å². The van der Waals surface area contributed by atoms with Crippen LogP contribution in [0.2, 0.25) is 0 Å². The molecule has 1 aromatic rings. The van der Waals surface area contributed by atoms with Crippen molar-refractivity contribution in [2.45, 2.75) is 46.1 Å². The number of ether oxygens (including phenoxy) is 1. The Morgan fingerprint density at radius 1 is 1.25 bits per heavy atom. The number of methoxy groups -OCH3 is 1. The molecule has 0 aliphatic carbocycles. The van der Waals surface area contributed by atoms with Gasteiger partial charge < -0.3 is 15.4 Å². The number of nitrogens with one attached hydrogen (secondary N) is 2. The van der Waals surface area contributed by atoms with E-state index < -0.39 is 15.7 Å². The number of sulfone groups is 1. The molecule has 0 bridgehead atoms. The third-order valence-corrected chi connectivity index (χ3v) is 4.88. The first kappa shape index (κ1) is 27.1. The highest BCUT2D eigenvalue weighted by Crippen LogP contribution is 2.21. The fourth-order valence-electron chi connectivity index (χ4n) is 2.60. The zero-order valence-corrected chi connectivity index (χ0v) is 20.7. The van der Waals surface area contributed by atoms with Crippen molar-refractivity contribution in [1.29, 1.82) is 0 Å². The summed E-state index contributed by atoms with van der Waals surface area (Å²) >= 11 is 0. The summed E-state index contributed by atoms with van der Waals surface area (Å²) in [4.78, 5) is 4.48. The molecule has 0 saturated carbocycles. The molecule has 0 spiro atoms. The minimum atomic E-state index is -3.22. The average molecular weight is 529 g/mol. The minimum absolute atomic E-state index is 0. The Morgan fingerprint density at radius 3 is 2.39 bits per heavy atom. The van der Waals surface area contributed by atoms with Crippen molar-refractivity contribution in [3.8, 4) is 0 Å². The number of halogens is 2. The highest BCUT2D eigenvalue weighted by atomic mass is 127. The summed E-state index contributed by atoms with van der Waals surface area (Å²) in [5.41, 5.74) is 1.07. The van der Waals surface area contributed by atoms with Crippen LogP contribution in [-0.2, 0) is 26.9 Å². The summed E-state index contributed by atoms with van der Waals surface area (Å²) in [6.45, 7) is 9.63. The van der Waals surface area contributed by atoms with E-state index in [1.165, 1.54) is 18.2 Å². The lowest BCUT2D eigenvalue weighted by molar-refractivity contribution is 0.0205. The van der Waals surface area contributed by atoms with Crippen molar-refractivity contribution < 1.29 is 17.5 Å². The van der Waals surface area contributed by atoms with E-state index in [9.17, 15) is 12.8 Å². The zero-order valence-electron chi connectivity index (χ0n) is 17.5. The lowest BCUT2D eigenvalue weighted by Crippen LogP contribution is -2.45. The van der Waals surface area contributed by atoms with Crippen LogP contribution < -0.4 is 10.6 Å². The third-order valence-electron chi connectivity index (χ3n) is 4.04. The van der Waals surface area contributed by atoms with Crippen LogP contribution in [0.5, 0.6) is 0 Å². The van der Waals surface area contributed by atoms with Crippen LogP contribution in [0.1, 0.15) is 38.8 Å². The third kappa shape index (κ3) is 10.0. The highest BCUT2D eigenvalue weighted by molar-refractivity contribution is 14.0. The quantitative estimate of drug-likeness (QED) is 0.308. The Kier molecular flexibility index (Phi) is 11.5. The summed E-state index contributed by atoms with van der Waals surface area (Å²) in [6.07, 6.45) is 1.14. The van der Waals surface area contributed by atoms with Gasteiger partial charge in [0.1, 0.15) is 5.82 Å². The number of nitrogens with zero attached hydrogens (tertiary/aromatic N) is 1. The molecule has 0 amide bonds. The van der Waals surface area contributed by atoms with Crippen LogP contribution in [0.3, 0.4) is 0 Å². The molecule has 0 aliphatic heterocycles. The normalized spacial score (nSPS) is 13.6. The van der Waals surface area contributed by atoms with Crippen LogP contribution in [0.15, 0.2) is 23.2 Å². The topological polar surface area (TPSA) is 79.8 Å². The maximum Gasteiger partial charge on any atom is 0.191 e. The molecule has 0 fully saturated rings. The van der Waals surface area contributed by atoms with Crippen molar-refractivity contribution >= 4 is 39.8 Å². The van der Waals surface area contributed by atoms with Gasteiger partial charge in [-0.2, -0.15) is 0 Å². The van der Waals surface area contributed by atoms with E-state index in [2.05, 4.69) is 36.4 Å². The number of guanidine groups is 1. The molecular formula is C19H33FIN3O3S. The predicted octanol–water partition coefficient (Wildman–Crippen LogP) is 3.10. The SMILES string of the molecule is CCNC(=NCc1cc(F)ccc1CS(C)(=O)=O)NCC(OC)C(C)(C)C.I. The number of hydrogen-bond acceptors (Lipinski definition) is 4. The summed E-state index contributed by atoms with van der Waals surface area (Å²) in [5.74, 6) is 0.0127. The van der Waals surface area contributed by atoms with Gasteiger partial charge in [0.2, 0.25) is 0 Å². The van der Waals surface area contributed by atoms with Gasteiger partial charge in [-0.3, -0.25) is 0 Å². The number of hydrogen-bond donors (Lipinski definition) is 2. The molecule has 0 aliphatic rings. The molecule has 6 nitrogen and oxygen atoms in total. The second-order valence-corrected chi connectivity index (χ2v) is 9.79. The van der Waals surface area contributed by atoms with E-state index in [1.807, 2.05) is 6.92 Å². The van der Waals surface area contributed by atoms with Gasteiger partial charge in [0.15, 0.2) is 15.8 Å². The molecule has 28 heavy (non-hydrogen) atoms. The summed E-state index contributed by atoms with van der Waals surface area (Å²) in [6, 6.07) is 4.10. The second kappa shape index (κ2) is 11.9. The molecule has 0 radical (unpaired) electrons. The van der Waals surface area contributed by atoms with E-state index in [0.717, 1.165) is 6.26 Å². The lowest BCUT2D eigenvalue weighted by atomic mass is 9.89. The molecule has 9 heteroatoms. The number of benzene rings is 1. The zero-order chi connectivity index (χ0) is 20.7. The first-order valence-corrected chi connectivity index (χ1v) is 11.0. The van der Waals surface area contributed by atoms with Crippen LogP contribution in [-0.4, -0.2) is 46.9 Å². The van der Waals surface area contributed by atoms with E-state index in [4.69, 9.17) is 4.74 Å². The Morgan fingerprint density at radius 2 is 1.89 bits per heavy atom. The smallest absolute Gasteiger partial charge is 0.191 e. The minimum Gasteiger partial charge on any atom is -0.379 e. The Bertz CT molecular complexity index is 749. The molecule has 2 N–H and O–H groups in total. The van der Waals surface area contributed by atoms with Crippen molar-refractivity contribution in [3.05, 3.63) is 35.1 Å². The van der Waals surface area contributed by atoms with Gasteiger partial charge in [0.05, 0.1) is 18.4 Å². The predicted molar refractivity (Wildman–Crippen MR) is 123 cm³/mol. The molecular weight excluding hydrogens is 496 g/mol. The molecule has 1 aromatic carbocycles. The van der Waals surface area contributed by atoms with Crippen molar-refractivity contribution in [2.75, 3.05) is 26.5 Å². The van der Waals surface area contributed by atoms with Gasteiger partial charge in [-0.05, 0) is 35.6 Å². The summed E-state index contributed by atoms with van der Waals surface area (Å²) in [7, 11) is -1.55. The average Bonchev–Trinajstić information content (AvgIpc) is 2.52. The molecule has 0 saturated heterocycles. The van der Waals surface area contributed by atoms with Crippen molar-refractivity contribution in [2.24, 2.45) is 10.4 Å². The fraction of sp³-hybridized carbons (Fsp3) is 0.632. The molecule has 162 valence electrons. The van der Waals surface area contributed by atoms with Gasteiger partial charge in [0.25, 0.3) is 0 Å².